The Morgan fingerprint density at radius 1 is 1.35 bits per heavy atom. The lowest BCUT2D eigenvalue weighted by Gasteiger charge is -2.06. The normalized spacial score (nSPS) is 9.65. The van der Waals surface area contributed by atoms with Gasteiger partial charge in [-0.05, 0) is 30.2 Å². The first kappa shape index (κ1) is 11.0. The summed E-state index contributed by atoms with van der Waals surface area (Å²) in [6, 6.07) is 5.49. The van der Waals surface area contributed by atoms with Crippen LogP contribution in [0.3, 0.4) is 0 Å². The Hall–Kier alpha value is -2.48. The number of nitriles is 1. The monoisotopic (exact) mass is 225 g/mol. The summed E-state index contributed by atoms with van der Waals surface area (Å²) < 4.78 is 0. The van der Waals surface area contributed by atoms with E-state index in [1.807, 2.05) is 19.1 Å². The summed E-state index contributed by atoms with van der Waals surface area (Å²) in [6.07, 6.45) is 5.12. The van der Waals surface area contributed by atoms with Gasteiger partial charge in [-0.15, -0.1) is 0 Å². The van der Waals surface area contributed by atoms with Crippen LogP contribution in [-0.4, -0.2) is 15.0 Å². The number of nitrogens with zero attached hydrogens (tertiary/aromatic N) is 4. The van der Waals surface area contributed by atoms with E-state index in [-0.39, 0.29) is 0 Å². The molecule has 84 valence electrons. The van der Waals surface area contributed by atoms with Gasteiger partial charge in [0.1, 0.15) is 11.8 Å². The van der Waals surface area contributed by atoms with Crippen molar-refractivity contribution in [2.45, 2.75) is 13.5 Å². The van der Waals surface area contributed by atoms with E-state index in [9.17, 15) is 0 Å². The molecule has 0 radical (unpaired) electrons. The van der Waals surface area contributed by atoms with Crippen molar-refractivity contribution in [3.8, 4) is 6.07 Å². The highest BCUT2D eigenvalue weighted by molar-refractivity contribution is 5.32. The molecule has 0 amide bonds. The molecule has 2 aromatic rings. The number of hydrogen-bond donors (Lipinski definition) is 1. The van der Waals surface area contributed by atoms with Crippen molar-refractivity contribution in [3.05, 3.63) is 47.5 Å². The van der Waals surface area contributed by atoms with E-state index in [1.54, 1.807) is 24.7 Å². The Bertz CT molecular complexity index is 559. The molecule has 0 unspecified atom stereocenters. The average molecular weight is 225 g/mol. The van der Waals surface area contributed by atoms with Crippen LogP contribution in [0.5, 0.6) is 0 Å². The minimum Gasteiger partial charge on any atom is -0.350 e. The Labute approximate surface area is 99.2 Å². The number of aryl methyl sites for hydroxylation is 1. The summed E-state index contributed by atoms with van der Waals surface area (Å²) in [7, 11) is 0. The molecule has 0 spiro atoms. The number of aromatic nitrogens is 3. The van der Waals surface area contributed by atoms with Crippen LogP contribution in [0.15, 0.2) is 30.7 Å². The molecule has 0 aliphatic rings. The highest BCUT2D eigenvalue weighted by Crippen LogP contribution is 2.07. The lowest BCUT2D eigenvalue weighted by molar-refractivity contribution is 1.02. The smallest absolute Gasteiger partial charge is 0.224 e. The van der Waals surface area contributed by atoms with Crippen LogP contribution < -0.4 is 5.32 Å². The molecular weight excluding hydrogens is 214 g/mol. The molecule has 0 aliphatic heterocycles. The molecule has 1 N–H and O–H groups in total. The number of hydrogen-bond acceptors (Lipinski definition) is 5. The lowest BCUT2D eigenvalue weighted by Crippen LogP contribution is -2.05. The van der Waals surface area contributed by atoms with E-state index in [0.29, 0.717) is 18.2 Å². The fourth-order valence-electron chi connectivity index (χ4n) is 1.36. The first-order valence-corrected chi connectivity index (χ1v) is 5.16. The Morgan fingerprint density at radius 2 is 2.24 bits per heavy atom. The topological polar surface area (TPSA) is 74.5 Å². The van der Waals surface area contributed by atoms with Crippen LogP contribution in [0, 0.1) is 18.3 Å². The van der Waals surface area contributed by atoms with E-state index < -0.39 is 0 Å². The standard InChI is InChI=1S/C12H11N5/c1-9-2-4-14-7-10(9)8-16-12-15-5-3-11(6-13)17-12/h2-5,7H,8H2,1H3,(H,15,16,17). The third-order valence-electron chi connectivity index (χ3n) is 2.35. The summed E-state index contributed by atoms with van der Waals surface area (Å²) in [6.45, 7) is 2.61. The average Bonchev–Trinajstić information content (AvgIpc) is 2.38. The molecule has 0 saturated carbocycles. The molecule has 2 aromatic heterocycles. The second kappa shape index (κ2) is 5.03. The van der Waals surface area contributed by atoms with Crippen LogP contribution >= 0.6 is 0 Å². The second-order valence-electron chi connectivity index (χ2n) is 3.53. The highest BCUT2D eigenvalue weighted by atomic mass is 15.1. The summed E-state index contributed by atoms with van der Waals surface area (Å²) in [5, 5.41) is 11.8. The summed E-state index contributed by atoms with van der Waals surface area (Å²) in [4.78, 5) is 12.1. The predicted molar refractivity (Wildman–Crippen MR) is 63.0 cm³/mol. The van der Waals surface area contributed by atoms with E-state index in [0.717, 1.165) is 11.1 Å². The number of pyridine rings is 1. The van der Waals surface area contributed by atoms with Crippen LogP contribution in [0.25, 0.3) is 0 Å². The van der Waals surface area contributed by atoms with Gasteiger partial charge in [0, 0.05) is 25.1 Å². The molecule has 17 heavy (non-hydrogen) atoms. The maximum atomic E-state index is 8.71. The molecule has 0 aliphatic carbocycles. The van der Waals surface area contributed by atoms with Gasteiger partial charge in [0.05, 0.1) is 0 Å². The van der Waals surface area contributed by atoms with Crippen LogP contribution in [0.2, 0.25) is 0 Å². The van der Waals surface area contributed by atoms with Gasteiger partial charge in [0.25, 0.3) is 0 Å². The van der Waals surface area contributed by atoms with Gasteiger partial charge in [-0.2, -0.15) is 5.26 Å². The van der Waals surface area contributed by atoms with Crippen LogP contribution in [0.1, 0.15) is 16.8 Å². The van der Waals surface area contributed by atoms with Gasteiger partial charge in [-0.1, -0.05) is 0 Å². The molecule has 2 heterocycles. The van der Waals surface area contributed by atoms with Crippen LogP contribution in [0.4, 0.5) is 5.95 Å². The van der Waals surface area contributed by atoms with E-state index in [1.165, 1.54) is 0 Å². The van der Waals surface area contributed by atoms with Crippen molar-refractivity contribution in [2.24, 2.45) is 0 Å². The third-order valence-corrected chi connectivity index (χ3v) is 2.35. The quantitative estimate of drug-likeness (QED) is 0.859. The zero-order valence-corrected chi connectivity index (χ0v) is 9.38. The Morgan fingerprint density at radius 3 is 3.00 bits per heavy atom. The molecule has 0 aromatic carbocycles. The SMILES string of the molecule is Cc1ccncc1CNc1nccc(C#N)n1. The van der Waals surface area contributed by atoms with Crippen molar-refractivity contribution >= 4 is 5.95 Å². The molecule has 2 rings (SSSR count). The molecule has 0 bridgehead atoms. The summed E-state index contributed by atoms with van der Waals surface area (Å²) in [5.74, 6) is 0.451. The zero-order chi connectivity index (χ0) is 12.1. The van der Waals surface area contributed by atoms with Gasteiger partial charge in [0.2, 0.25) is 5.95 Å². The predicted octanol–water partition coefficient (Wildman–Crippen LogP) is 1.66. The van der Waals surface area contributed by atoms with Gasteiger partial charge in [-0.3, -0.25) is 4.98 Å². The largest absolute Gasteiger partial charge is 0.350 e. The minimum absolute atomic E-state index is 0.352. The van der Waals surface area contributed by atoms with E-state index in [2.05, 4.69) is 20.3 Å². The Balaban J connectivity index is 2.08. The fraction of sp³-hybridized carbons (Fsp3) is 0.167. The third kappa shape index (κ3) is 2.75. The van der Waals surface area contributed by atoms with E-state index in [4.69, 9.17) is 5.26 Å². The molecule has 5 heteroatoms. The number of nitrogens with one attached hydrogen (secondary N) is 1. The summed E-state index contributed by atoms with van der Waals surface area (Å²) >= 11 is 0. The number of rotatable bonds is 3. The van der Waals surface area contributed by atoms with Gasteiger partial charge >= 0.3 is 0 Å². The molecule has 5 nitrogen and oxygen atoms in total. The molecule has 0 atom stereocenters. The van der Waals surface area contributed by atoms with Crippen LogP contribution in [-0.2, 0) is 6.54 Å². The molecular formula is C12H11N5. The van der Waals surface area contributed by atoms with Crippen molar-refractivity contribution in [1.29, 1.82) is 5.26 Å². The fourth-order valence-corrected chi connectivity index (χ4v) is 1.36. The molecule has 0 fully saturated rings. The maximum Gasteiger partial charge on any atom is 0.224 e. The lowest BCUT2D eigenvalue weighted by atomic mass is 10.2. The van der Waals surface area contributed by atoms with Gasteiger partial charge in [-0.25, -0.2) is 9.97 Å². The highest BCUT2D eigenvalue weighted by Gasteiger charge is 2.00. The number of anilines is 1. The maximum absolute atomic E-state index is 8.71. The Kier molecular flexibility index (Phi) is 3.26. The van der Waals surface area contributed by atoms with Crippen molar-refractivity contribution in [3.63, 3.8) is 0 Å². The summed E-state index contributed by atoms with van der Waals surface area (Å²) in [5.41, 5.74) is 2.59. The molecule has 0 saturated heterocycles. The zero-order valence-electron chi connectivity index (χ0n) is 9.38. The van der Waals surface area contributed by atoms with Gasteiger partial charge < -0.3 is 5.32 Å². The van der Waals surface area contributed by atoms with Gasteiger partial charge in [0.15, 0.2) is 0 Å². The first-order chi connectivity index (χ1) is 8.29. The van der Waals surface area contributed by atoms with Crippen molar-refractivity contribution in [1.82, 2.24) is 15.0 Å². The first-order valence-electron chi connectivity index (χ1n) is 5.16. The second-order valence-corrected chi connectivity index (χ2v) is 3.53. The van der Waals surface area contributed by atoms with Crippen molar-refractivity contribution in [2.75, 3.05) is 5.32 Å². The van der Waals surface area contributed by atoms with Crippen molar-refractivity contribution < 1.29 is 0 Å². The van der Waals surface area contributed by atoms with E-state index >= 15 is 0 Å². The minimum atomic E-state index is 0.352.